The van der Waals surface area contributed by atoms with Crippen LogP contribution in [0.15, 0.2) is 30.5 Å². The van der Waals surface area contributed by atoms with Crippen molar-refractivity contribution in [2.24, 2.45) is 11.8 Å². The molecule has 5 heterocycles. The van der Waals surface area contributed by atoms with Crippen LogP contribution in [-0.2, 0) is 14.8 Å². The summed E-state index contributed by atoms with van der Waals surface area (Å²) in [7, 11) is -3.59. The Morgan fingerprint density at radius 2 is 1.80 bits per heavy atom. The molecular formula is C36H48ClN9O7S. The number of β-amino-alcohol motifs (C(OH)–C–C–N with tert-alkyl or cyclic N) is 2. The van der Waals surface area contributed by atoms with E-state index >= 15 is 0 Å². The van der Waals surface area contributed by atoms with Crippen LogP contribution in [0.2, 0.25) is 5.02 Å². The maximum atomic E-state index is 13.8. The lowest BCUT2D eigenvalue weighted by Crippen LogP contribution is -2.39. The summed E-state index contributed by atoms with van der Waals surface area (Å²) in [5.41, 5.74) is 2.20. The first kappa shape index (κ1) is 42.1. The Morgan fingerprint density at radius 1 is 1.09 bits per heavy atom. The second kappa shape index (κ2) is 17.2. The average molecular weight is 786 g/mol. The fourth-order valence-corrected chi connectivity index (χ4v) is 7.38. The van der Waals surface area contributed by atoms with Gasteiger partial charge in [-0.2, -0.15) is 10.4 Å². The van der Waals surface area contributed by atoms with Gasteiger partial charge in [-0.1, -0.05) is 18.5 Å². The number of aromatic nitrogens is 3. The van der Waals surface area contributed by atoms with Crippen molar-refractivity contribution in [3.8, 4) is 12.6 Å². The molecule has 3 aromatic rings. The van der Waals surface area contributed by atoms with Crippen molar-refractivity contribution in [2.45, 2.75) is 77.7 Å². The number of carbonyl (C=O) groups excluding carboxylic acids is 2. The van der Waals surface area contributed by atoms with E-state index in [1.54, 1.807) is 36.3 Å². The first-order valence-electron chi connectivity index (χ1n) is 17.5. The molecule has 6 rings (SSSR count). The largest absolute Gasteiger partial charge is 0.444 e. The van der Waals surface area contributed by atoms with E-state index in [9.17, 15) is 28.2 Å². The minimum Gasteiger partial charge on any atom is -0.444 e. The van der Waals surface area contributed by atoms with Gasteiger partial charge in [0, 0.05) is 61.5 Å². The summed E-state index contributed by atoms with van der Waals surface area (Å²) >= 11 is 6.19. The monoisotopic (exact) mass is 785 g/mol. The predicted octanol–water partition coefficient (Wildman–Crippen LogP) is 4.12. The lowest BCUT2D eigenvalue weighted by atomic mass is 9.98. The number of amides is 2. The van der Waals surface area contributed by atoms with Crippen LogP contribution >= 0.6 is 11.6 Å². The Labute approximate surface area is 320 Å². The van der Waals surface area contributed by atoms with E-state index in [1.807, 2.05) is 32.2 Å². The number of hydrogen-bond donors (Lipinski definition) is 3. The van der Waals surface area contributed by atoms with E-state index in [0.717, 1.165) is 49.1 Å². The number of carbonyl (C=O) groups is 2. The van der Waals surface area contributed by atoms with E-state index in [1.165, 1.54) is 17.0 Å². The van der Waals surface area contributed by atoms with Crippen LogP contribution in [0.4, 0.5) is 16.3 Å². The highest BCUT2D eigenvalue weighted by atomic mass is 35.5. The maximum absolute atomic E-state index is 13.8. The molecule has 0 aliphatic carbocycles. The summed E-state index contributed by atoms with van der Waals surface area (Å²) in [4.78, 5) is 35.4. The standard InChI is InChI=1S/C25H31ClN6O4S.C10H16N2O3.CHN/c1-15-12-30(14-22(15)33)24-16(2)13-32-23(27-24)11-20(28-32)21-6-4-5-9-31(21)25(34)18-10-17(26)7-8-19(18)29-37(3,35)36;1-10(2,3)15-9(14)12-5-7(4-11)8(13)6-12;1-2/h7-8,10-11,13,15,21-22,29,33H,4-6,9,12,14H2,1-3H3;7-8,13H,5-6H2,1-3H3;1H/t15?,21-,22?;;/m0../s1. The number of nitriles is 2. The van der Waals surface area contributed by atoms with E-state index in [2.05, 4.69) is 16.2 Å². The number of aryl methyl sites for hydroxylation is 1. The maximum Gasteiger partial charge on any atom is 0.410 e. The summed E-state index contributed by atoms with van der Waals surface area (Å²) in [6.07, 6.45) is 3.86. The molecule has 2 aromatic heterocycles. The van der Waals surface area contributed by atoms with Gasteiger partial charge in [-0.3, -0.25) is 9.52 Å². The molecule has 3 N–H and O–H groups in total. The Hall–Kier alpha value is -4.68. The molecule has 3 aliphatic heterocycles. The second-order valence-electron chi connectivity index (χ2n) is 14.8. The zero-order chi connectivity index (χ0) is 40.1. The molecule has 5 atom stereocenters. The van der Waals surface area contributed by atoms with Crippen molar-refractivity contribution >= 4 is 50.8 Å². The van der Waals surface area contributed by atoms with Crippen LogP contribution in [-0.4, -0.2) is 112 Å². The number of likely N-dealkylation sites (tertiary alicyclic amines) is 2. The molecule has 3 saturated heterocycles. The molecule has 4 unspecified atom stereocenters. The van der Waals surface area contributed by atoms with Gasteiger partial charge in [0.2, 0.25) is 10.0 Å². The van der Waals surface area contributed by atoms with Gasteiger partial charge in [0.05, 0.1) is 60.0 Å². The van der Waals surface area contributed by atoms with Gasteiger partial charge in [0.15, 0.2) is 5.65 Å². The third-order valence-electron chi connectivity index (χ3n) is 9.22. The van der Waals surface area contributed by atoms with Crippen LogP contribution in [0.25, 0.3) is 5.65 Å². The minimum atomic E-state index is -3.59. The Balaban J connectivity index is 0.000000321. The number of anilines is 2. The number of aliphatic hydroxyl groups is 2. The highest BCUT2D eigenvalue weighted by Gasteiger charge is 2.36. The first-order valence-corrected chi connectivity index (χ1v) is 19.8. The van der Waals surface area contributed by atoms with Crippen molar-refractivity contribution < 1.29 is 33.0 Å². The zero-order valence-corrected chi connectivity index (χ0v) is 32.9. The number of fused-ring (bicyclic) bond motifs is 1. The second-order valence-corrected chi connectivity index (χ2v) is 17.0. The number of benzene rings is 1. The van der Waals surface area contributed by atoms with Gasteiger partial charge in [-0.15, -0.1) is 0 Å². The predicted molar refractivity (Wildman–Crippen MR) is 202 cm³/mol. The van der Waals surface area contributed by atoms with E-state index in [4.69, 9.17) is 36.9 Å². The number of piperidine rings is 1. The van der Waals surface area contributed by atoms with Gasteiger partial charge in [0.25, 0.3) is 5.91 Å². The Morgan fingerprint density at radius 3 is 2.39 bits per heavy atom. The minimum absolute atomic E-state index is 0.174. The Bertz CT molecular complexity index is 2000. The molecule has 1 aromatic carbocycles. The number of aliphatic hydroxyl groups excluding tert-OH is 2. The van der Waals surface area contributed by atoms with Crippen LogP contribution in [0.5, 0.6) is 0 Å². The number of nitrogens with zero attached hydrogens (tertiary/aromatic N) is 8. The number of hydrogen-bond acceptors (Lipinski definition) is 12. The van der Waals surface area contributed by atoms with Crippen LogP contribution in [0, 0.1) is 41.9 Å². The molecule has 0 bridgehead atoms. The number of ether oxygens (including phenoxy) is 1. The summed E-state index contributed by atoms with van der Waals surface area (Å²) in [6.45, 7) is 15.0. The molecule has 0 saturated carbocycles. The Kier molecular flexibility index (Phi) is 13.4. The fraction of sp³-hybridized carbons (Fsp3) is 0.556. The van der Waals surface area contributed by atoms with Crippen molar-refractivity contribution in [3.05, 3.63) is 52.3 Å². The highest BCUT2D eigenvalue weighted by molar-refractivity contribution is 7.92. The van der Waals surface area contributed by atoms with Crippen molar-refractivity contribution in [2.75, 3.05) is 48.6 Å². The van der Waals surface area contributed by atoms with Gasteiger partial charge in [0.1, 0.15) is 11.4 Å². The molecule has 3 aliphatic rings. The number of halogens is 1. The molecule has 3 fully saturated rings. The van der Waals surface area contributed by atoms with E-state index in [0.29, 0.717) is 23.8 Å². The van der Waals surface area contributed by atoms with Crippen molar-refractivity contribution in [1.82, 2.24) is 24.4 Å². The summed E-state index contributed by atoms with van der Waals surface area (Å²) < 4.78 is 33.1. The molecule has 0 spiro atoms. The van der Waals surface area contributed by atoms with E-state index < -0.39 is 33.7 Å². The molecule has 18 heteroatoms. The lowest BCUT2D eigenvalue weighted by molar-refractivity contribution is 0.0269. The summed E-state index contributed by atoms with van der Waals surface area (Å²) in [6, 6.07) is 8.13. The van der Waals surface area contributed by atoms with Crippen LogP contribution in [0.3, 0.4) is 0 Å². The zero-order valence-electron chi connectivity index (χ0n) is 31.3. The summed E-state index contributed by atoms with van der Waals surface area (Å²) in [5, 5.41) is 39.9. The van der Waals surface area contributed by atoms with Gasteiger partial charge >= 0.3 is 6.09 Å². The SMILES string of the molecule is C#N.CC(C)(C)OC(=O)N1CC(O)C(C#N)C1.Cc1cn2nc([C@@H]3CCCCN3C(=O)c3cc(Cl)ccc3NS(C)(=O)=O)cc2nc1N1CC(C)C(O)C1. The van der Waals surface area contributed by atoms with Gasteiger partial charge in [-0.25, -0.2) is 28.0 Å². The smallest absolute Gasteiger partial charge is 0.410 e. The molecule has 292 valence electrons. The normalized spacial score (nSPS) is 22.8. The van der Waals surface area contributed by atoms with Crippen LogP contribution < -0.4 is 9.62 Å². The molecule has 2 amide bonds. The molecule has 54 heavy (non-hydrogen) atoms. The van der Waals surface area contributed by atoms with E-state index in [-0.39, 0.29) is 48.3 Å². The number of nitrogens with one attached hydrogen (secondary N) is 1. The van der Waals surface area contributed by atoms with Crippen molar-refractivity contribution in [3.63, 3.8) is 0 Å². The molecule has 0 radical (unpaired) electrons. The fourth-order valence-electron chi connectivity index (χ4n) is 6.63. The van der Waals surface area contributed by atoms with Crippen molar-refractivity contribution in [1.29, 1.82) is 10.5 Å². The van der Waals surface area contributed by atoms with Gasteiger partial charge in [-0.05, 0) is 65.2 Å². The third kappa shape index (κ3) is 10.3. The van der Waals surface area contributed by atoms with Gasteiger partial charge < -0.3 is 29.6 Å². The molecular weight excluding hydrogens is 738 g/mol. The van der Waals surface area contributed by atoms with Crippen LogP contribution in [0.1, 0.15) is 74.6 Å². The average Bonchev–Trinajstić information content (AvgIpc) is 3.80. The summed E-state index contributed by atoms with van der Waals surface area (Å²) in [5.74, 6) is 0.195. The quantitative estimate of drug-likeness (QED) is 0.333. The lowest BCUT2D eigenvalue weighted by Gasteiger charge is -2.35. The highest BCUT2D eigenvalue weighted by Crippen LogP contribution is 2.35. The first-order chi connectivity index (χ1) is 25.3. The number of rotatable bonds is 5. The third-order valence-corrected chi connectivity index (χ3v) is 10.0. The topological polar surface area (TPSA) is 217 Å². The molecule has 16 nitrogen and oxygen atoms in total. The number of sulfonamides is 1.